The van der Waals surface area contributed by atoms with Gasteiger partial charge in [-0.15, -0.1) is 0 Å². The number of nitrogens with zero attached hydrogens (tertiary/aromatic N) is 1. The van der Waals surface area contributed by atoms with Crippen LogP contribution in [0.4, 0.5) is 10.1 Å². The summed E-state index contributed by atoms with van der Waals surface area (Å²) in [5.74, 6) is -0.854. The van der Waals surface area contributed by atoms with E-state index < -0.39 is 23.9 Å². The van der Waals surface area contributed by atoms with Crippen molar-refractivity contribution in [2.45, 2.75) is 31.9 Å². The SMILES string of the molecule is C[C@H](O)c1ccc(N2CCCC2C(N)=O)c(F)c1. The van der Waals surface area contributed by atoms with Gasteiger partial charge >= 0.3 is 0 Å². The average Bonchev–Trinajstić information content (AvgIpc) is 2.77. The number of carbonyl (C=O) groups excluding carboxylic acids is 1. The first-order valence-electron chi connectivity index (χ1n) is 6.04. The summed E-state index contributed by atoms with van der Waals surface area (Å²) in [4.78, 5) is 13.0. The van der Waals surface area contributed by atoms with Crippen LogP contribution in [0.25, 0.3) is 0 Å². The molecule has 0 bridgehead atoms. The number of carbonyl (C=O) groups is 1. The van der Waals surface area contributed by atoms with Crippen molar-refractivity contribution in [2.75, 3.05) is 11.4 Å². The maximum Gasteiger partial charge on any atom is 0.240 e. The molecular weight excluding hydrogens is 235 g/mol. The lowest BCUT2D eigenvalue weighted by molar-refractivity contribution is -0.119. The molecule has 1 unspecified atom stereocenters. The number of benzene rings is 1. The fraction of sp³-hybridized carbons (Fsp3) is 0.462. The zero-order valence-electron chi connectivity index (χ0n) is 10.3. The number of hydrogen-bond acceptors (Lipinski definition) is 3. The van der Waals surface area contributed by atoms with E-state index in [9.17, 15) is 14.3 Å². The molecule has 1 fully saturated rings. The van der Waals surface area contributed by atoms with Gasteiger partial charge in [0.25, 0.3) is 0 Å². The van der Waals surface area contributed by atoms with Crippen LogP contribution in [0.15, 0.2) is 18.2 Å². The summed E-state index contributed by atoms with van der Waals surface area (Å²) >= 11 is 0. The fourth-order valence-electron chi connectivity index (χ4n) is 2.37. The van der Waals surface area contributed by atoms with Gasteiger partial charge in [0.05, 0.1) is 11.8 Å². The Hall–Kier alpha value is -1.62. The number of aliphatic hydroxyl groups is 1. The third kappa shape index (κ3) is 2.31. The maximum absolute atomic E-state index is 14.0. The number of rotatable bonds is 3. The Morgan fingerprint density at radius 2 is 2.33 bits per heavy atom. The van der Waals surface area contributed by atoms with Gasteiger partial charge in [-0.3, -0.25) is 4.79 Å². The van der Waals surface area contributed by atoms with Gasteiger partial charge < -0.3 is 15.7 Å². The Morgan fingerprint density at radius 3 is 2.89 bits per heavy atom. The van der Waals surface area contributed by atoms with E-state index in [2.05, 4.69) is 0 Å². The molecule has 1 saturated heterocycles. The summed E-state index contributed by atoms with van der Waals surface area (Å²) in [7, 11) is 0. The highest BCUT2D eigenvalue weighted by atomic mass is 19.1. The third-order valence-corrected chi connectivity index (χ3v) is 3.34. The Labute approximate surface area is 105 Å². The second-order valence-corrected chi connectivity index (χ2v) is 4.64. The lowest BCUT2D eigenvalue weighted by atomic mass is 10.1. The van der Waals surface area contributed by atoms with Gasteiger partial charge in [-0.05, 0) is 37.5 Å². The number of halogens is 1. The highest BCUT2D eigenvalue weighted by Gasteiger charge is 2.30. The average molecular weight is 252 g/mol. The van der Waals surface area contributed by atoms with E-state index in [0.29, 0.717) is 24.2 Å². The molecule has 1 heterocycles. The van der Waals surface area contributed by atoms with E-state index in [0.717, 1.165) is 6.42 Å². The van der Waals surface area contributed by atoms with Crippen LogP contribution < -0.4 is 10.6 Å². The standard InChI is InChI=1S/C13H17FN2O2/c1-8(17)9-4-5-11(10(14)7-9)16-6-2-3-12(16)13(15)18/h4-5,7-8,12,17H,2-3,6H2,1H3,(H2,15,18)/t8-,12?/m0/s1. The molecule has 98 valence electrons. The lowest BCUT2D eigenvalue weighted by Crippen LogP contribution is -2.40. The van der Waals surface area contributed by atoms with E-state index in [1.54, 1.807) is 24.0 Å². The molecule has 1 amide bonds. The Kier molecular flexibility index (Phi) is 3.52. The van der Waals surface area contributed by atoms with Crippen molar-refractivity contribution in [2.24, 2.45) is 5.73 Å². The zero-order chi connectivity index (χ0) is 13.3. The normalized spacial score (nSPS) is 21.1. The molecule has 1 aliphatic rings. The van der Waals surface area contributed by atoms with E-state index >= 15 is 0 Å². The van der Waals surface area contributed by atoms with Crippen molar-refractivity contribution >= 4 is 11.6 Å². The van der Waals surface area contributed by atoms with Gasteiger partial charge in [0.15, 0.2) is 0 Å². The van der Waals surface area contributed by atoms with Gasteiger partial charge in [-0.25, -0.2) is 4.39 Å². The molecule has 0 radical (unpaired) electrons. The number of hydrogen-bond donors (Lipinski definition) is 2. The van der Waals surface area contributed by atoms with Crippen molar-refractivity contribution < 1.29 is 14.3 Å². The van der Waals surface area contributed by atoms with Gasteiger partial charge in [0, 0.05) is 6.54 Å². The lowest BCUT2D eigenvalue weighted by Gasteiger charge is -2.25. The fourth-order valence-corrected chi connectivity index (χ4v) is 2.37. The molecule has 0 aliphatic carbocycles. The summed E-state index contributed by atoms with van der Waals surface area (Å²) in [6.07, 6.45) is 0.775. The molecule has 18 heavy (non-hydrogen) atoms. The van der Waals surface area contributed by atoms with Crippen molar-refractivity contribution in [3.63, 3.8) is 0 Å². The van der Waals surface area contributed by atoms with Crippen LogP contribution in [-0.2, 0) is 4.79 Å². The Balaban J connectivity index is 2.31. The summed E-state index contributed by atoms with van der Waals surface area (Å²) in [5, 5.41) is 9.39. The highest BCUT2D eigenvalue weighted by Crippen LogP contribution is 2.29. The smallest absolute Gasteiger partial charge is 0.240 e. The molecule has 0 saturated carbocycles. The van der Waals surface area contributed by atoms with Crippen molar-refractivity contribution in [1.29, 1.82) is 0 Å². The van der Waals surface area contributed by atoms with Crippen LogP contribution in [0.2, 0.25) is 0 Å². The molecule has 2 rings (SSSR count). The second-order valence-electron chi connectivity index (χ2n) is 4.64. The summed E-state index contributed by atoms with van der Waals surface area (Å²) in [5.41, 5.74) is 6.21. The number of aliphatic hydroxyl groups excluding tert-OH is 1. The van der Waals surface area contributed by atoms with E-state index in [1.165, 1.54) is 6.07 Å². The quantitative estimate of drug-likeness (QED) is 0.853. The van der Waals surface area contributed by atoms with Crippen LogP contribution in [0.3, 0.4) is 0 Å². The molecule has 2 atom stereocenters. The predicted octanol–water partition coefficient (Wildman–Crippen LogP) is 1.33. The van der Waals surface area contributed by atoms with Crippen LogP contribution in [-0.4, -0.2) is 23.6 Å². The van der Waals surface area contributed by atoms with Gasteiger partial charge in [-0.2, -0.15) is 0 Å². The predicted molar refractivity (Wildman–Crippen MR) is 66.6 cm³/mol. The van der Waals surface area contributed by atoms with Gasteiger partial charge in [0.1, 0.15) is 11.9 Å². The van der Waals surface area contributed by atoms with E-state index in [1.807, 2.05) is 0 Å². The number of anilines is 1. The largest absolute Gasteiger partial charge is 0.389 e. The van der Waals surface area contributed by atoms with E-state index in [-0.39, 0.29) is 0 Å². The van der Waals surface area contributed by atoms with Crippen molar-refractivity contribution in [1.82, 2.24) is 0 Å². The Morgan fingerprint density at radius 1 is 1.61 bits per heavy atom. The first-order valence-corrected chi connectivity index (χ1v) is 6.04. The molecular formula is C13H17FN2O2. The summed E-state index contributed by atoms with van der Waals surface area (Å²) < 4.78 is 14.0. The van der Waals surface area contributed by atoms with E-state index in [4.69, 9.17) is 5.73 Å². The molecule has 0 aromatic heterocycles. The van der Waals surface area contributed by atoms with Crippen LogP contribution in [0.5, 0.6) is 0 Å². The first kappa shape index (κ1) is 12.8. The minimum atomic E-state index is -0.709. The molecule has 0 spiro atoms. The minimum absolute atomic E-state index is 0.376. The van der Waals surface area contributed by atoms with Crippen LogP contribution in [0.1, 0.15) is 31.4 Å². The molecule has 1 aromatic carbocycles. The number of nitrogens with two attached hydrogens (primary N) is 1. The van der Waals surface area contributed by atoms with Crippen molar-refractivity contribution in [3.8, 4) is 0 Å². The van der Waals surface area contributed by atoms with Gasteiger partial charge in [-0.1, -0.05) is 6.07 Å². The third-order valence-electron chi connectivity index (χ3n) is 3.34. The molecule has 1 aromatic rings. The minimum Gasteiger partial charge on any atom is -0.389 e. The number of amides is 1. The summed E-state index contributed by atoms with van der Waals surface area (Å²) in [6, 6.07) is 4.13. The monoisotopic (exact) mass is 252 g/mol. The van der Waals surface area contributed by atoms with Crippen LogP contribution >= 0.6 is 0 Å². The zero-order valence-corrected chi connectivity index (χ0v) is 10.3. The topological polar surface area (TPSA) is 66.6 Å². The van der Waals surface area contributed by atoms with Gasteiger partial charge in [0.2, 0.25) is 5.91 Å². The molecule has 4 nitrogen and oxygen atoms in total. The summed E-state index contributed by atoms with van der Waals surface area (Å²) in [6.45, 7) is 2.20. The second kappa shape index (κ2) is 4.94. The first-order chi connectivity index (χ1) is 8.50. The number of primary amides is 1. The molecule has 1 aliphatic heterocycles. The molecule has 5 heteroatoms. The molecule has 3 N–H and O–H groups in total. The Bertz CT molecular complexity index is 462. The highest BCUT2D eigenvalue weighted by molar-refractivity contribution is 5.84. The maximum atomic E-state index is 14.0. The van der Waals surface area contributed by atoms with Crippen LogP contribution in [0, 0.1) is 5.82 Å². The van der Waals surface area contributed by atoms with Crippen molar-refractivity contribution in [3.05, 3.63) is 29.6 Å².